The van der Waals surface area contributed by atoms with Crippen LogP contribution in [0.25, 0.3) is 0 Å². The first-order valence-corrected chi connectivity index (χ1v) is 9.07. The number of hydrogen-bond acceptors (Lipinski definition) is 6. The second-order valence-corrected chi connectivity index (χ2v) is 6.39. The van der Waals surface area contributed by atoms with E-state index in [0.717, 1.165) is 5.56 Å². The maximum Gasteiger partial charge on any atom is 0.423 e. The van der Waals surface area contributed by atoms with Gasteiger partial charge < -0.3 is 20.1 Å². The lowest BCUT2D eigenvalue weighted by Gasteiger charge is -2.16. The molecule has 0 spiro atoms. The van der Waals surface area contributed by atoms with Crippen molar-refractivity contribution in [3.8, 4) is 17.4 Å². The number of aryl methyl sites for hydroxylation is 1. The minimum absolute atomic E-state index is 0.0647. The van der Waals surface area contributed by atoms with E-state index in [2.05, 4.69) is 20.6 Å². The van der Waals surface area contributed by atoms with Gasteiger partial charge in [0.05, 0.1) is 12.7 Å². The summed E-state index contributed by atoms with van der Waals surface area (Å²) in [6.07, 6.45) is -4.13. The lowest BCUT2D eigenvalue weighted by molar-refractivity contribution is -0.139. The van der Waals surface area contributed by atoms with Crippen LogP contribution >= 0.6 is 0 Å². The van der Waals surface area contributed by atoms with Crippen molar-refractivity contribution in [1.82, 2.24) is 15.3 Å². The number of aromatic nitrogens is 2. The maximum absolute atomic E-state index is 13.5. The summed E-state index contributed by atoms with van der Waals surface area (Å²) in [6, 6.07) is 11.1. The van der Waals surface area contributed by atoms with Crippen LogP contribution in [0.3, 0.4) is 0 Å². The first-order valence-electron chi connectivity index (χ1n) is 9.07. The van der Waals surface area contributed by atoms with Gasteiger partial charge in [0, 0.05) is 25.0 Å². The molecule has 3 aromatic rings. The minimum atomic E-state index is -4.76. The Morgan fingerprint density at radius 2 is 1.87 bits per heavy atom. The van der Waals surface area contributed by atoms with Crippen LogP contribution in [0, 0.1) is 6.92 Å². The number of rotatable bonds is 6. The average molecular weight is 432 g/mol. The molecule has 0 aliphatic heterocycles. The van der Waals surface area contributed by atoms with E-state index >= 15 is 0 Å². The van der Waals surface area contributed by atoms with Gasteiger partial charge in [-0.2, -0.15) is 18.2 Å². The predicted octanol–water partition coefficient (Wildman–Crippen LogP) is 4.71. The van der Waals surface area contributed by atoms with E-state index in [4.69, 9.17) is 9.47 Å². The van der Waals surface area contributed by atoms with E-state index in [0.29, 0.717) is 17.6 Å². The fraction of sp³-hybridized carbons (Fsp3) is 0.190. The number of carbonyl (C=O) groups is 1. The number of para-hydroxylation sites is 1. The van der Waals surface area contributed by atoms with E-state index < -0.39 is 23.5 Å². The molecule has 0 fully saturated rings. The smallest absolute Gasteiger partial charge is 0.423 e. The largest absolute Gasteiger partial charge is 0.497 e. The van der Waals surface area contributed by atoms with Crippen LogP contribution < -0.4 is 20.1 Å². The van der Waals surface area contributed by atoms with Gasteiger partial charge in [-0.3, -0.25) is 4.79 Å². The van der Waals surface area contributed by atoms with Crippen molar-refractivity contribution < 1.29 is 27.4 Å². The van der Waals surface area contributed by atoms with Crippen molar-refractivity contribution in [2.45, 2.75) is 13.1 Å². The number of ether oxygens (including phenoxy) is 2. The van der Waals surface area contributed by atoms with Crippen LogP contribution in [-0.4, -0.2) is 30.0 Å². The molecule has 0 aliphatic rings. The van der Waals surface area contributed by atoms with E-state index in [1.165, 1.54) is 32.4 Å². The number of alkyl halides is 3. The number of nitrogens with zero attached hydrogens (tertiary/aromatic N) is 2. The van der Waals surface area contributed by atoms with Gasteiger partial charge in [-0.15, -0.1) is 0 Å². The van der Waals surface area contributed by atoms with Crippen molar-refractivity contribution in [1.29, 1.82) is 0 Å². The number of hydrogen-bond donors (Lipinski definition) is 2. The van der Waals surface area contributed by atoms with Crippen LogP contribution in [0.1, 0.15) is 21.5 Å². The normalized spacial score (nSPS) is 11.0. The summed E-state index contributed by atoms with van der Waals surface area (Å²) in [5.41, 5.74) is 0.245. The van der Waals surface area contributed by atoms with Crippen molar-refractivity contribution in [3.05, 3.63) is 65.4 Å². The Kier molecular flexibility index (Phi) is 6.28. The summed E-state index contributed by atoms with van der Waals surface area (Å²) in [5, 5.41) is 5.29. The van der Waals surface area contributed by atoms with Crippen LogP contribution in [-0.2, 0) is 6.18 Å². The molecule has 1 heterocycles. The second kappa shape index (κ2) is 8.90. The molecule has 3 rings (SSSR count). The highest BCUT2D eigenvalue weighted by atomic mass is 19.4. The monoisotopic (exact) mass is 432 g/mol. The van der Waals surface area contributed by atoms with Crippen LogP contribution in [0.2, 0.25) is 0 Å². The topological polar surface area (TPSA) is 85.4 Å². The molecule has 10 heteroatoms. The van der Waals surface area contributed by atoms with Crippen molar-refractivity contribution in [2.75, 3.05) is 19.5 Å². The van der Waals surface area contributed by atoms with Gasteiger partial charge in [0.15, 0.2) is 0 Å². The number of nitrogens with one attached hydrogen (secondary N) is 2. The van der Waals surface area contributed by atoms with Gasteiger partial charge in [-0.25, -0.2) is 4.98 Å². The molecule has 0 radical (unpaired) electrons. The van der Waals surface area contributed by atoms with Crippen molar-refractivity contribution in [2.24, 2.45) is 0 Å². The fourth-order valence-corrected chi connectivity index (χ4v) is 2.66. The van der Waals surface area contributed by atoms with Crippen LogP contribution in [0.5, 0.6) is 17.4 Å². The minimum Gasteiger partial charge on any atom is -0.497 e. The van der Waals surface area contributed by atoms with Gasteiger partial charge in [-0.1, -0.05) is 18.2 Å². The molecule has 162 valence electrons. The maximum atomic E-state index is 13.5. The molecule has 0 saturated heterocycles. The highest BCUT2D eigenvalue weighted by Gasteiger charge is 2.37. The Bertz CT molecular complexity index is 1100. The van der Waals surface area contributed by atoms with Gasteiger partial charge in [0.1, 0.15) is 17.1 Å². The Labute approximate surface area is 176 Å². The number of carbonyl (C=O) groups excluding carboxylic acids is 1. The highest BCUT2D eigenvalue weighted by Crippen LogP contribution is 2.38. The summed E-state index contributed by atoms with van der Waals surface area (Å²) in [7, 11) is 2.91. The van der Waals surface area contributed by atoms with Gasteiger partial charge in [0.2, 0.25) is 11.8 Å². The number of methoxy groups -OCH3 is 1. The average Bonchev–Trinajstić information content (AvgIpc) is 2.74. The lowest BCUT2D eigenvalue weighted by atomic mass is 10.2. The Morgan fingerprint density at radius 3 is 2.55 bits per heavy atom. The highest BCUT2D eigenvalue weighted by molar-refractivity contribution is 5.96. The van der Waals surface area contributed by atoms with E-state index in [1.54, 1.807) is 24.3 Å². The molecule has 0 saturated carbocycles. The SMILES string of the molecule is CNC(=O)c1ccccc1Oc1nc(Nc2cc(OC)ccc2C)ncc1C(F)(F)F. The molecule has 0 unspecified atom stereocenters. The van der Waals surface area contributed by atoms with E-state index in [1.807, 2.05) is 6.92 Å². The molecule has 1 aromatic heterocycles. The predicted molar refractivity (Wildman–Crippen MR) is 108 cm³/mol. The summed E-state index contributed by atoms with van der Waals surface area (Å²) in [4.78, 5) is 19.7. The molecular formula is C21H19F3N4O3. The van der Waals surface area contributed by atoms with E-state index in [9.17, 15) is 18.0 Å². The molecule has 0 atom stereocenters. The second-order valence-electron chi connectivity index (χ2n) is 6.39. The number of amides is 1. The van der Waals surface area contributed by atoms with Gasteiger partial charge in [0.25, 0.3) is 5.91 Å². The molecule has 1 amide bonds. The van der Waals surface area contributed by atoms with Gasteiger partial charge in [-0.05, 0) is 30.7 Å². The zero-order valence-corrected chi connectivity index (χ0v) is 16.9. The summed E-state index contributed by atoms with van der Waals surface area (Å²) in [6.45, 7) is 1.81. The third-order valence-corrected chi connectivity index (χ3v) is 4.32. The summed E-state index contributed by atoms with van der Waals surface area (Å²) < 4.78 is 51.2. The molecular weight excluding hydrogens is 413 g/mol. The van der Waals surface area contributed by atoms with Crippen LogP contribution in [0.15, 0.2) is 48.7 Å². The zero-order chi connectivity index (χ0) is 22.6. The fourth-order valence-electron chi connectivity index (χ4n) is 2.66. The van der Waals surface area contributed by atoms with Crippen molar-refractivity contribution in [3.63, 3.8) is 0 Å². The Hall–Kier alpha value is -3.82. The molecule has 2 N–H and O–H groups in total. The Balaban J connectivity index is 2.02. The molecule has 7 nitrogen and oxygen atoms in total. The Morgan fingerprint density at radius 1 is 1.13 bits per heavy atom. The van der Waals surface area contributed by atoms with E-state index in [-0.39, 0.29) is 17.3 Å². The molecule has 31 heavy (non-hydrogen) atoms. The first kappa shape index (κ1) is 21.9. The van der Waals surface area contributed by atoms with Gasteiger partial charge >= 0.3 is 6.18 Å². The molecule has 0 bridgehead atoms. The first-order chi connectivity index (χ1) is 14.7. The standard InChI is InChI=1S/C21H19F3N4O3/c1-12-8-9-13(30-3)10-16(12)27-20-26-11-15(21(22,23)24)19(28-20)31-17-7-5-4-6-14(17)18(29)25-2/h4-11H,1-3H3,(H,25,29)(H,26,27,28). The van der Waals surface area contributed by atoms with Crippen LogP contribution in [0.4, 0.5) is 24.8 Å². The third-order valence-electron chi connectivity index (χ3n) is 4.32. The quantitative estimate of drug-likeness (QED) is 0.587. The zero-order valence-electron chi connectivity index (χ0n) is 16.9. The summed E-state index contributed by atoms with van der Waals surface area (Å²) in [5.74, 6) is -0.882. The number of halogens is 3. The molecule has 2 aromatic carbocycles. The number of benzene rings is 2. The third kappa shape index (κ3) is 5.03. The van der Waals surface area contributed by atoms with Crippen molar-refractivity contribution >= 4 is 17.5 Å². The number of anilines is 2. The lowest BCUT2D eigenvalue weighted by Crippen LogP contribution is -2.19. The molecule has 0 aliphatic carbocycles. The summed E-state index contributed by atoms with van der Waals surface area (Å²) >= 11 is 0.